The lowest BCUT2D eigenvalue weighted by Crippen LogP contribution is -2.27. The van der Waals surface area contributed by atoms with Crippen LogP contribution in [-0.4, -0.2) is 37.0 Å². The molecule has 0 spiro atoms. The maximum atomic E-state index is 12.1. The zero-order valence-corrected chi connectivity index (χ0v) is 26.8. The van der Waals surface area contributed by atoms with Gasteiger partial charge in [0.2, 0.25) is 0 Å². The van der Waals surface area contributed by atoms with Crippen LogP contribution < -0.4 is 0 Å². The summed E-state index contributed by atoms with van der Waals surface area (Å²) in [5.74, 6) is -0.285. The molecule has 0 saturated carbocycles. The lowest BCUT2D eigenvalue weighted by atomic mass is 10.1. The van der Waals surface area contributed by atoms with Gasteiger partial charge in [-0.05, 0) is 64.2 Å². The van der Waals surface area contributed by atoms with E-state index >= 15 is 0 Å². The summed E-state index contributed by atoms with van der Waals surface area (Å²) in [6.45, 7) is 5.12. The summed E-state index contributed by atoms with van der Waals surface area (Å²) in [6.07, 6.45) is 44.1. The van der Waals surface area contributed by atoms with Gasteiger partial charge in [0, 0.05) is 13.0 Å². The molecule has 0 aromatic carbocycles. The molecule has 0 saturated heterocycles. The Hall–Kier alpha value is -1.91. The number of carbonyl (C=O) groups is 1. The van der Waals surface area contributed by atoms with Crippen LogP contribution in [0.15, 0.2) is 60.8 Å². The molecule has 4 nitrogen and oxygen atoms in total. The molecular weight excluding hydrogens is 508 g/mol. The van der Waals surface area contributed by atoms with Crippen molar-refractivity contribution in [2.45, 2.75) is 148 Å². The number of aliphatic hydroxyl groups excluding tert-OH is 1. The lowest BCUT2D eigenvalue weighted by molar-refractivity contribution is -0.154. The quantitative estimate of drug-likeness (QED) is 0.0528. The summed E-state index contributed by atoms with van der Waals surface area (Å²) >= 11 is 0. The SMILES string of the molecule is CC/C=C\C/C=C\C/C=C\C/C=C\CCC(=O)OC(CO)COCCCCCCCC/C=C\CCCCCCCC. The molecule has 0 aromatic rings. The highest BCUT2D eigenvalue weighted by Crippen LogP contribution is 2.10. The van der Waals surface area contributed by atoms with Crippen LogP contribution in [-0.2, 0) is 14.3 Å². The largest absolute Gasteiger partial charge is 0.457 e. The summed E-state index contributed by atoms with van der Waals surface area (Å²) < 4.78 is 11.0. The third kappa shape index (κ3) is 32.5. The van der Waals surface area contributed by atoms with Gasteiger partial charge in [-0.15, -0.1) is 0 Å². The van der Waals surface area contributed by atoms with Crippen LogP contribution in [0.5, 0.6) is 0 Å². The number of rotatable bonds is 30. The topological polar surface area (TPSA) is 55.8 Å². The average molecular weight is 573 g/mol. The highest BCUT2D eigenvalue weighted by atomic mass is 16.6. The van der Waals surface area contributed by atoms with Crippen LogP contribution >= 0.6 is 0 Å². The molecule has 1 unspecified atom stereocenters. The first-order chi connectivity index (χ1) is 20.2. The van der Waals surface area contributed by atoms with Crippen LogP contribution in [0.3, 0.4) is 0 Å². The van der Waals surface area contributed by atoms with Crippen molar-refractivity contribution in [1.29, 1.82) is 0 Å². The molecule has 4 heteroatoms. The van der Waals surface area contributed by atoms with Crippen LogP contribution in [0.25, 0.3) is 0 Å². The molecule has 0 heterocycles. The molecule has 1 N–H and O–H groups in total. The lowest BCUT2D eigenvalue weighted by Gasteiger charge is -2.15. The number of carbonyl (C=O) groups excluding carboxylic acids is 1. The minimum atomic E-state index is -0.575. The van der Waals surface area contributed by atoms with E-state index in [1.165, 1.54) is 77.0 Å². The molecule has 0 aliphatic heterocycles. The normalized spacial score (nSPS) is 13.1. The fourth-order valence-corrected chi connectivity index (χ4v) is 4.33. The smallest absolute Gasteiger partial charge is 0.306 e. The summed E-state index contributed by atoms with van der Waals surface area (Å²) in [5, 5.41) is 9.51. The first-order valence-electron chi connectivity index (χ1n) is 16.9. The molecule has 0 aliphatic rings. The van der Waals surface area contributed by atoms with Crippen molar-refractivity contribution in [3.8, 4) is 0 Å². The van der Waals surface area contributed by atoms with Gasteiger partial charge >= 0.3 is 5.97 Å². The molecule has 0 aliphatic carbocycles. The van der Waals surface area contributed by atoms with Gasteiger partial charge in [0.15, 0.2) is 0 Å². The summed E-state index contributed by atoms with van der Waals surface area (Å²) in [4.78, 5) is 12.1. The molecular formula is C37H64O4. The molecule has 0 bridgehead atoms. The number of unbranched alkanes of at least 4 members (excludes halogenated alkanes) is 12. The van der Waals surface area contributed by atoms with Crippen molar-refractivity contribution in [2.75, 3.05) is 19.8 Å². The van der Waals surface area contributed by atoms with Gasteiger partial charge in [0.25, 0.3) is 0 Å². The van der Waals surface area contributed by atoms with E-state index in [-0.39, 0.29) is 19.2 Å². The van der Waals surface area contributed by atoms with E-state index in [1.54, 1.807) is 0 Å². The van der Waals surface area contributed by atoms with E-state index < -0.39 is 6.10 Å². The molecule has 1 atom stereocenters. The Morgan fingerprint density at radius 1 is 0.610 bits per heavy atom. The van der Waals surface area contributed by atoms with Crippen molar-refractivity contribution >= 4 is 5.97 Å². The number of allylic oxidation sites excluding steroid dienone is 10. The van der Waals surface area contributed by atoms with Crippen molar-refractivity contribution < 1.29 is 19.4 Å². The third-order valence-electron chi connectivity index (χ3n) is 6.84. The van der Waals surface area contributed by atoms with E-state index in [0.717, 1.165) is 38.5 Å². The first-order valence-corrected chi connectivity index (χ1v) is 16.9. The van der Waals surface area contributed by atoms with Crippen molar-refractivity contribution in [3.63, 3.8) is 0 Å². The van der Waals surface area contributed by atoms with Gasteiger partial charge in [0.05, 0.1) is 13.2 Å². The minimum Gasteiger partial charge on any atom is -0.457 e. The Labute approximate surface area is 254 Å². The third-order valence-corrected chi connectivity index (χ3v) is 6.84. The van der Waals surface area contributed by atoms with Gasteiger partial charge in [-0.3, -0.25) is 4.79 Å². The summed E-state index contributed by atoms with van der Waals surface area (Å²) in [7, 11) is 0. The molecule has 0 radical (unpaired) electrons. The summed E-state index contributed by atoms with van der Waals surface area (Å²) in [6, 6.07) is 0. The van der Waals surface area contributed by atoms with E-state index in [9.17, 15) is 9.90 Å². The van der Waals surface area contributed by atoms with Crippen LogP contribution in [0, 0.1) is 0 Å². The second-order valence-electron chi connectivity index (χ2n) is 10.8. The zero-order chi connectivity index (χ0) is 29.9. The monoisotopic (exact) mass is 572 g/mol. The molecule has 236 valence electrons. The fourth-order valence-electron chi connectivity index (χ4n) is 4.33. The molecule has 41 heavy (non-hydrogen) atoms. The number of ether oxygens (including phenoxy) is 2. The molecule has 0 aromatic heterocycles. The van der Waals surface area contributed by atoms with Crippen LogP contribution in [0.1, 0.15) is 142 Å². The van der Waals surface area contributed by atoms with Gasteiger partial charge in [-0.2, -0.15) is 0 Å². The summed E-state index contributed by atoms with van der Waals surface area (Å²) in [5.41, 5.74) is 0. The highest BCUT2D eigenvalue weighted by molar-refractivity contribution is 5.69. The predicted molar refractivity (Wildman–Crippen MR) is 177 cm³/mol. The van der Waals surface area contributed by atoms with Crippen molar-refractivity contribution in [2.24, 2.45) is 0 Å². The zero-order valence-electron chi connectivity index (χ0n) is 26.8. The molecule has 0 amide bonds. The minimum absolute atomic E-state index is 0.205. The van der Waals surface area contributed by atoms with E-state index in [2.05, 4.69) is 68.5 Å². The predicted octanol–water partition coefficient (Wildman–Crippen LogP) is 10.5. The number of hydrogen-bond donors (Lipinski definition) is 1. The Morgan fingerprint density at radius 3 is 1.66 bits per heavy atom. The van der Waals surface area contributed by atoms with Crippen LogP contribution in [0.4, 0.5) is 0 Å². The highest BCUT2D eigenvalue weighted by Gasteiger charge is 2.13. The number of esters is 1. The number of hydrogen-bond acceptors (Lipinski definition) is 4. The Morgan fingerprint density at radius 2 is 1.10 bits per heavy atom. The van der Waals surface area contributed by atoms with E-state index in [0.29, 0.717) is 19.4 Å². The van der Waals surface area contributed by atoms with Crippen molar-refractivity contribution in [1.82, 2.24) is 0 Å². The number of aliphatic hydroxyl groups is 1. The first kappa shape index (κ1) is 39.1. The van der Waals surface area contributed by atoms with Crippen molar-refractivity contribution in [3.05, 3.63) is 60.8 Å². The van der Waals surface area contributed by atoms with Gasteiger partial charge in [0.1, 0.15) is 6.10 Å². The average Bonchev–Trinajstić information content (AvgIpc) is 2.98. The van der Waals surface area contributed by atoms with Gasteiger partial charge in [-0.1, -0.05) is 132 Å². The van der Waals surface area contributed by atoms with Gasteiger partial charge < -0.3 is 14.6 Å². The maximum absolute atomic E-state index is 12.1. The Kier molecular flexibility index (Phi) is 32.7. The van der Waals surface area contributed by atoms with Crippen LogP contribution in [0.2, 0.25) is 0 Å². The molecule has 0 rings (SSSR count). The second-order valence-corrected chi connectivity index (χ2v) is 10.8. The second kappa shape index (κ2) is 34.3. The molecule has 0 fully saturated rings. The Bertz CT molecular complexity index is 689. The standard InChI is InChI=1S/C37H64O4/c1-3-5-7-9-11-13-15-17-18-19-21-23-25-27-29-31-33-40-35-36(34-38)41-37(39)32-30-28-26-24-22-20-16-14-12-10-8-6-4-2/h6,8,12,14,17-18,20,22,26,28,36,38H,3-5,7,9-11,13,15-16,19,21,23-25,27,29-35H2,1-2H3/b8-6-,14-12-,18-17-,22-20-,28-26-. The van der Waals surface area contributed by atoms with E-state index in [4.69, 9.17) is 9.47 Å². The van der Waals surface area contributed by atoms with Gasteiger partial charge in [-0.25, -0.2) is 0 Å². The Balaban J connectivity index is 3.57. The maximum Gasteiger partial charge on any atom is 0.306 e. The fraction of sp³-hybridized carbons (Fsp3) is 0.703. The van der Waals surface area contributed by atoms with E-state index in [1.807, 2.05) is 6.08 Å².